The summed E-state index contributed by atoms with van der Waals surface area (Å²) in [5.41, 5.74) is 6.46. The molecule has 2 N–H and O–H groups in total. The standard InChI is InChI=1S/C14H17FN4O/c1-20-13-5-3-12(4-6-13)19(8-2-7-16)14-17-9-11(15)10-18-14/h3-6,9-10H,2,7-8,16H2,1H3. The fraction of sp³-hybridized carbons (Fsp3) is 0.286. The zero-order valence-electron chi connectivity index (χ0n) is 11.3. The van der Waals surface area contributed by atoms with Gasteiger partial charge in [0, 0.05) is 12.2 Å². The van der Waals surface area contributed by atoms with E-state index >= 15 is 0 Å². The number of nitrogens with two attached hydrogens (primary N) is 1. The van der Waals surface area contributed by atoms with Crippen LogP contribution < -0.4 is 15.4 Å². The number of anilines is 2. The van der Waals surface area contributed by atoms with Crippen molar-refractivity contribution < 1.29 is 9.13 Å². The summed E-state index contributed by atoms with van der Waals surface area (Å²) in [6.07, 6.45) is 3.09. The molecule has 0 radical (unpaired) electrons. The normalized spacial score (nSPS) is 10.3. The number of nitrogens with zero attached hydrogens (tertiary/aromatic N) is 3. The highest BCUT2D eigenvalue weighted by molar-refractivity contribution is 5.58. The third kappa shape index (κ3) is 3.42. The minimum atomic E-state index is -0.456. The van der Waals surface area contributed by atoms with E-state index in [1.54, 1.807) is 7.11 Å². The van der Waals surface area contributed by atoms with Gasteiger partial charge in [-0.2, -0.15) is 0 Å². The maximum Gasteiger partial charge on any atom is 0.230 e. The number of methoxy groups -OCH3 is 1. The first kappa shape index (κ1) is 14.2. The van der Waals surface area contributed by atoms with E-state index in [9.17, 15) is 4.39 Å². The van der Waals surface area contributed by atoms with E-state index in [0.717, 1.165) is 30.3 Å². The van der Waals surface area contributed by atoms with Crippen molar-refractivity contribution in [3.63, 3.8) is 0 Å². The predicted octanol–water partition coefficient (Wildman–Crippen LogP) is 2.11. The molecular weight excluding hydrogens is 259 g/mol. The highest BCUT2D eigenvalue weighted by atomic mass is 19.1. The number of rotatable bonds is 6. The fourth-order valence-electron chi connectivity index (χ4n) is 1.80. The summed E-state index contributed by atoms with van der Waals surface area (Å²) in [5, 5.41) is 0. The molecule has 0 saturated heterocycles. The van der Waals surface area contributed by atoms with Crippen molar-refractivity contribution in [1.82, 2.24) is 9.97 Å². The van der Waals surface area contributed by atoms with E-state index in [4.69, 9.17) is 10.5 Å². The average molecular weight is 276 g/mol. The molecule has 0 aliphatic heterocycles. The molecule has 1 heterocycles. The summed E-state index contributed by atoms with van der Waals surface area (Å²) in [6, 6.07) is 7.52. The Morgan fingerprint density at radius 2 is 1.85 bits per heavy atom. The van der Waals surface area contributed by atoms with Crippen LogP contribution in [0.2, 0.25) is 0 Å². The molecule has 106 valence electrons. The second kappa shape index (κ2) is 6.81. The van der Waals surface area contributed by atoms with Crippen molar-refractivity contribution in [2.75, 3.05) is 25.1 Å². The molecule has 0 bridgehead atoms. The van der Waals surface area contributed by atoms with Crippen LogP contribution in [0.25, 0.3) is 0 Å². The van der Waals surface area contributed by atoms with Gasteiger partial charge < -0.3 is 15.4 Å². The SMILES string of the molecule is COc1ccc(N(CCCN)c2ncc(F)cn2)cc1. The van der Waals surface area contributed by atoms with Gasteiger partial charge in [0.25, 0.3) is 0 Å². The van der Waals surface area contributed by atoms with Crippen LogP contribution in [0.3, 0.4) is 0 Å². The number of aromatic nitrogens is 2. The molecule has 20 heavy (non-hydrogen) atoms. The maximum absolute atomic E-state index is 12.9. The Hall–Kier alpha value is -2.21. The Bertz CT molecular complexity index is 530. The molecule has 0 atom stereocenters. The number of hydrogen-bond donors (Lipinski definition) is 1. The summed E-state index contributed by atoms with van der Waals surface area (Å²) in [7, 11) is 1.62. The van der Waals surface area contributed by atoms with Gasteiger partial charge in [-0.15, -0.1) is 0 Å². The molecule has 0 spiro atoms. The quantitative estimate of drug-likeness (QED) is 0.875. The molecule has 5 nitrogen and oxygen atoms in total. The van der Waals surface area contributed by atoms with Crippen LogP contribution >= 0.6 is 0 Å². The number of ether oxygens (including phenoxy) is 1. The van der Waals surface area contributed by atoms with Crippen LogP contribution in [0.1, 0.15) is 6.42 Å². The summed E-state index contributed by atoms with van der Waals surface area (Å²) >= 11 is 0. The van der Waals surface area contributed by atoms with Crippen LogP contribution in [0.4, 0.5) is 16.0 Å². The van der Waals surface area contributed by atoms with Crippen molar-refractivity contribution in [3.05, 3.63) is 42.5 Å². The third-order valence-electron chi connectivity index (χ3n) is 2.82. The summed E-state index contributed by atoms with van der Waals surface area (Å²) in [4.78, 5) is 9.93. The predicted molar refractivity (Wildman–Crippen MR) is 75.7 cm³/mol. The van der Waals surface area contributed by atoms with E-state index in [1.165, 1.54) is 0 Å². The average Bonchev–Trinajstić information content (AvgIpc) is 2.50. The summed E-state index contributed by atoms with van der Waals surface area (Å²) in [5.74, 6) is 0.764. The Morgan fingerprint density at radius 1 is 1.20 bits per heavy atom. The van der Waals surface area contributed by atoms with E-state index in [0.29, 0.717) is 19.0 Å². The molecule has 0 saturated carbocycles. The topological polar surface area (TPSA) is 64.3 Å². The molecule has 0 aliphatic rings. The van der Waals surface area contributed by atoms with Crippen LogP contribution in [0, 0.1) is 5.82 Å². The molecule has 6 heteroatoms. The molecule has 0 unspecified atom stereocenters. The summed E-state index contributed by atoms with van der Waals surface area (Å²) in [6.45, 7) is 1.22. The minimum absolute atomic E-state index is 0.449. The van der Waals surface area contributed by atoms with Gasteiger partial charge in [0.05, 0.1) is 19.5 Å². The monoisotopic (exact) mass is 276 g/mol. The van der Waals surface area contributed by atoms with Gasteiger partial charge in [-0.05, 0) is 37.2 Å². The third-order valence-corrected chi connectivity index (χ3v) is 2.82. The van der Waals surface area contributed by atoms with Gasteiger partial charge in [-0.1, -0.05) is 0 Å². The fourth-order valence-corrected chi connectivity index (χ4v) is 1.80. The molecule has 2 rings (SSSR count). The van der Waals surface area contributed by atoms with Gasteiger partial charge in [-0.25, -0.2) is 14.4 Å². The first-order valence-electron chi connectivity index (χ1n) is 6.34. The van der Waals surface area contributed by atoms with Gasteiger partial charge in [0.15, 0.2) is 5.82 Å². The Morgan fingerprint density at radius 3 is 2.40 bits per heavy atom. The minimum Gasteiger partial charge on any atom is -0.497 e. The zero-order valence-corrected chi connectivity index (χ0v) is 11.3. The second-order valence-corrected chi connectivity index (χ2v) is 4.19. The molecular formula is C14H17FN4O. The van der Waals surface area contributed by atoms with E-state index < -0.39 is 5.82 Å². The van der Waals surface area contributed by atoms with Crippen molar-refractivity contribution >= 4 is 11.6 Å². The largest absolute Gasteiger partial charge is 0.497 e. The van der Waals surface area contributed by atoms with E-state index in [2.05, 4.69) is 9.97 Å². The van der Waals surface area contributed by atoms with Crippen molar-refractivity contribution in [2.45, 2.75) is 6.42 Å². The molecule has 1 aromatic carbocycles. The van der Waals surface area contributed by atoms with Gasteiger partial charge in [0.2, 0.25) is 5.95 Å². The molecule has 2 aromatic rings. The summed E-state index contributed by atoms with van der Waals surface area (Å²) < 4.78 is 18.1. The number of halogens is 1. The van der Waals surface area contributed by atoms with E-state index in [-0.39, 0.29) is 0 Å². The lowest BCUT2D eigenvalue weighted by atomic mass is 10.2. The van der Waals surface area contributed by atoms with E-state index in [1.807, 2.05) is 29.2 Å². The van der Waals surface area contributed by atoms with Crippen LogP contribution in [0.15, 0.2) is 36.7 Å². The number of benzene rings is 1. The highest BCUT2D eigenvalue weighted by Gasteiger charge is 2.12. The first-order valence-corrected chi connectivity index (χ1v) is 6.34. The molecule has 0 fully saturated rings. The second-order valence-electron chi connectivity index (χ2n) is 4.19. The first-order chi connectivity index (χ1) is 9.74. The Balaban J connectivity index is 2.27. The number of hydrogen-bond acceptors (Lipinski definition) is 5. The Kier molecular flexibility index (Phi) is 4.84. The highest BCUT2D eigenvalue weighted by Crippen LogP contribution is 2.24. The van der Waals surface area contributed by atoms with Gasteiger partial charge >= 0.3 is 0 Å². The van der Waals surface area contributed by atoms with Crippen molar-refractivity contribution in [1.29, 1.82) is 0 Å². The van der Waals surface area contributed by atoms with Crippen molar-refractivity contribution in [2.24, 2.45) is 5.73 Å². The molecule has 1 aromatic heterocycles. The van der Waals surface area contributed by atoms with Crippen LogP contribution in [-0.4, -0.2) is 30.2 Å². The lowest BCUT2D eigenvalue weighted by molar-refractivity contribution is 0.415. The van der Waals surface area contributed by atoms with Gasteiger partial charge in [-0.3, -0.25) is 0 Å². The van der Waals surface area contributed by atoms with Crippen molar-refractivity contribution in [3.8, 4) is 5.75 Å². The Labute approximate surface area is 117 Å². The maximum atomic E-state index is 12.9. The smallest absolute Gasteiger partial charge is 0.230 e. The van der Waals surface area contributed by atoms with Gasteiger partial charge in [0.1, 0.15) is 5.75 Å². The lowest BCUT2D eigenvalue weighted by Gasteiger charge is -2.22. The molecule has 0 aliphatic carbocycles. The lowest BCUT2D eigenvalue weighted by Crippen LogP contribution is -2.22. The van der Waals surface area contributed by atoms with Crippen LogP contribution in [0.5, 0.6) is 5.75 Å². The van der Waals surface area contributed by atoms with Crippen LogP contribution in [-0.2, 0) is 0 Å². The molecule has 0 amide bonds. The zero-order chi connectivity index (χ0) is 14.4.